The number of carbonyl (C=O) groups excluding carboxylic acids is 1. The third-order valence-corrected chi connectivity index (χ3v) is 2.21. The highest BCUT2D eigenvalue weighted by atomic mass is 16.5. The highest BCUT2D eigenvalue weighted by molar-refractivity contribution is 5.81. The first kappa shape index (κ1) is 13.2. The molecule has 0 heterocycles. The molecule has 0 spiro atoms. The van der Waals surface area contributed by atoms with Gasteiger partial charge in [0.1, 0.15) is 6.10 Å². The van der Waals surface area contributed by atoms with Crippen LogP contribution in [0.3, 0.4) is 0 Å². The van der Waals surface area contributed by atoms with E-state index in [1.165, 1.54) is 6.08 Å². The minimum atomic E-state index is -0.290. The standard InChI is InChI=1S/C12H22O2/c1-4-7-9-11(10-8-5-2)14-12(13)6-3/h6,11H,3-5,7-10H2,1-2H3. The molecule has 0 bridgehead atoms. The van der Waals surface area contributed by atoms with Gasteiger partial charge in [0.15, 0.2) is 0 Å². The molecule has 14 heavy (non-hydrogen) atoms. The van der Waals surface area contributed by atoms with E-state index in [-0.39, 0.29) is 12.1 Å². The number of rotatable bonds is 8. The van der Waals surface area contributed by atoms with Crippen molar-refractivity contribution in [3.8, 4) is 0 Å². The van der Waals surface area contributed by atoms with Crippen LogP contribution in [-0.2, 0) is 9.53 Å². The van der Waals surface area contributed by atoms with E-state index in [1.54, 1.807) is 0 Å². The normalized spacial score (nSPS) is 10.2. The van der Waals surface area contributed by atoms with E-state index in [0.717, 1.165) is 38.5 Å². The van der Waals surface area contributed by atoms with Crippen molar-refractivity contribution >= 4 is 5.97 Å². The van der Waals surface area contributed by atoms with Gasteiger partial charge in [-0.05, 0) is 12.8 Å². The summed E-state index contributed by atoms with van der Waals surface area (Å²) in [7, 11) is 0. The minimum absolute atomic E-state index is 0.0976. The average molecular weight is 198 g/mol. The zero-order valence-electron chi connectivity index (χ0n) is 9.42. The highest BCUT2D eigenvalue weighted by Gasteiger charge is 2.10. The van der Waals surface area contributed by atoms with Crippen LogP contribution in [0.15, 0.2) is 12.7 Å². The molecule has 0 radical (unpaired) electrons. The molecule has 0 aromatic carbocycles. The van der Waals surface area contributed by atoms with E-state index in [2.05, 4.69) is 20.4 Å². The van der Waals surface area contributed by atoms with Gasteiger partial charge in [-0.15, -0.1) is 0 Å². The van der Waals surface area contributed by atoms with E-state index >= 15 is 0 Å². The van der Waals surface area contributed by atoms with Gasteiger partial charge in [-0.1, -0.05) is 46.1 Å². The predicted molar refractivity (Wildman–Crippen MR) is 59.1 cm³/mol. The van der Waals surface area contributed by atoms with E-state index in [4.69, 9.17) is 4.74 Å². The Labute approximate surface area is 87.3 Å². The maximum absolute atomic E-state index is 11.0. The summed E-state index contributed by atoms with van der Waals surface area (Å²) >= 11 is 0. The third kappa shape index (κ3) is 6.70. The third-order valence-electron chi connectivity index (χ3n) is 2.21. The second-order valence-corrected chi connectivity index (χ2v) is 3.55. The lowest BCUT2D eigenvalue weighted by atomic mass is 10.1. The Kier molecular flexibility index (Phi) is 8.30. The van der Waals surface area contributed by atoms with Crippen LogP contribution in [0.4, 0.5) is 0 Å². The van der Waals surface area contributed by atoms with Crippen LogP contribution >= 0.6 is 0 Å². The summed E-state index contributed by atoms with van der Waals surface area (Å²) in [6.45, 7) is 7.69. The zero-order chi connectivity index (χ0) is 10.8. The first-order valence-electron chi connectivity index (χ1n) is 5.57. The number of carbonyl (C=O) groups is 1. The smallest absolute Gasteiger partial charge is 0.330 e. The minimum Gasteiger partial charge on any atom is -0.459 e. The van der Waals surface area contributed by atoms with Crippen molar-refractivity contribution in [2.75, 3.05) is 0 Å². The van der Waals surface area contributed by atoms with Crippen LogP contribution in [0, 0.1) is 0 Å². The topological polar surface area (TPSA) is 26.3 Å². The molecule has 0 aromatic heterocycles. The summed E-state index contributed by atoms with van der Waals surface area (Å²) in [5.41, 5.74) is 0. The summed E-state index contributed by atoms with van der Waals surface area (Å²) in [6, 6.07) is 0. The van der Waals surface area contributed by atoms with E-state index < -0.39 is 0 Å². The van der Waals surface area contributed by atoms with Gasteiger partial charge >= 0.3 is 5.97 Å². The summed E-state index contributed by atoms with van der Waals surface area (Å²) < 4.78 is 5.25. The molecule has 0 saturated carbocycles. The number of ether oxygens (including phenoxy) is 1. The molecule has 0 aliphatic carbocycles. The maximum atomic E-state index is 11.0. The number of unbranched alkanes of at least 4 members (excludes halogenated alkanes) is 2. The molecule has 0 amide bonds. The largest absolute Gasteiger partial charge is 0.459 e. The molecular weight excluding hydrogens is 176 g/mol. The van der Waals surface area contributed by atoms with Crippen LogP contribution < -0.4 is 0 Å². The first-order chi connectivity index (χ1) is 6.74. The van der Waals surface area contributed by atoms with Gasteiger partial charge in [0.25, 0.3) is 0 Å². The van der Waals surface area contributed by atoms with E-state index in [9.17, 15) is 4.79 Å². The van der Waals surface area contributed by atoms with Crippen molar-refractivity contribution in [1.29, 1.82) is 0 Å². The quantitative estimate of drug-likeness (QED) is 0.441. The lowest BCUT2D eigenvalue weighted by molar-refractivity contribution is -0.143. The summed E-state index contributed by atoms with van der Waals surface area (Å²) in [6.07, 6.45) is 7.84. The molecule has 2 nitrogen and oxygen atoms in total. The van der Waals surface area contributed by atoms with Crippen LogP contribution in [-0.4, -0.2) is 12.1 Å². The Hall–Kier alpha value is -0.790. The molecule has 0 atom stereocenters. The van der Waals surface area contributed by atoms with Crippen molar-refractivity contribution < 1.29 is 9.53 Å². The first-order valence-corrected chi connectivity index (χ1v) is 5.57. The van der Waals surface area contributed by atoms with Crippen LogP contribution in [0.1, 0.15) is 52.4 Å². The Morgan fingerprint density at radius 1 is 1.29 bits per heavy atom. The van der Waals surface area contributed by atoms with Crippen LogP contribution in [0.2, 0.25) is 0 Å². The lowest BCUT2D eigenvalue weighted by Gasteiger charge is -2.16. The second-order valence-electron chi connectivity index (χ2n) is 3.55. The molecule has 0 aliphatic heterocycles. The Balaban J connectivity index is 3.82. The molecule has 0 aromatic rings. The molecule has 0 rings (SSSR count). The molecule has 0 fully saturated rings. The Bertz CT molecular complexity index is 156. The van der Waals surface area contributed by atoms with Gasteiger partial charge in [0, 0.05) is 6.08 Å². The summed E-state index contributed by atoms with van der Waals surface area (Å²) in [5, 5.41) is 0. The Morgan fingerprint density at radius 3 is 2.14 bits per heavy atom. The number of hydrogen-bond donors (Lipinski definition) is 0. The molecule has 0 N–H and O–H groups in total. The zero-order valence-corrected chi connectivity index (χ0v) is 9.42. The number of hydrogen-bond acceptors (Lipinski definition) is 2. The maximum Gasteiger partial charge on any atom is 0.330 e. The highest BCUT2D eigenvalue weighted by Crippen LogP contribution is 2.12. The van der Waals surface area contributed by atoms with Gasteiger partial charge in [0.05, 0.1) is 0 Å². The second kappa shape index (κ2) is 8.79. The molecule has 0 saturated heterocycles. The lowest BCUT2D eigenvalue weighted by Crippen LogP contribution is -2.16. The molecule has 82 valence electrons. The SMILES string of the molecule is C=CC(=O)OC(CCCC)CCCC. The van der Waals surface area contributed by atoms with E-state index in [1.807, 2.05) is 0 Å². The van der Waals surface area contributed by atoms with Crippen molar-refractivity contribution in [3.05, 3.63) is 12.7 Å². The van der Waals surface area contributed by atoms with Crippen molar-refractivity contribution in [3.63, 3.8) is 0 Å². The molecular formula is C12H22O2. The van der Waals surface area contributed by atoms with Crippen LogP contribution in [0.25, 0.3) is 0 Å². The van der Waals surface area contributed by atoms with Crippen molar-refractivity contribution in [1.82, 2.24) is 0 Å². The van der Waals surface area contributed by atoms with Gasteiger partial charge in [-0.25, -0.2) is 4.79 Å². The summed E-state index contributed by atoms with van der Waals surface area (Å²) in [5.74, 6) is -0.290. The monoisotopic (exact) mass is 198 g/mol. The van der Waals surface area contributed by atoms with Gasteiger partial charge in [0.2, 0.25) is 0 Å². The predicted octanol–water partition coefficient (Wildman–Crippen LogP) is 3.46. The fourth-order valence-corrected chi connectivity index (χ4v) is 1.34. The van der Waals surface area contributed by atoms with Gasteiger partial charge < -0.3 is 4.74 Å². The van der Waals surface area contributed by atoms with Crippen LogP contribution in [0.5, 0.6) is 0 Å². The average Bonchev–Trinajstić information content (AvgIpc) is 2.21. The molecule has 0 aliphatic rings. The van der Waals surface area contributed by atoms with Crippen molar-refractivity contribution in [2.24, 2.45) is 0 Å². The van der Waals surface area contributed by atoms with E-state index in [0.29, 0.717) is 0 Å². The molecule has 0 unspecified atom stereocenters. The van der Waals surface area contributed by atoms with Crippen molar-refractivity contribution in [2.45, 2.75) is 58.5 Å². The summed E-state index contributed by atoms with van der Waals surface area (Å²) in [4.78, 5) is 11.0. The Morgan fingerprint density at radius 2 is 1.79 bits per heavy atom. The number of esters is 1. The fourth-order valence-electron chi connectivity index (χ4n) is 1.34. The van der Waals surface area contributed by atoms with Gasteiger partial charge in [-0.3, -0.25) is 0 Å². The fraction of sp³-hybridized carbons (Fsp3) is 0.750. The van der Waals surface area contributed by atoms with Gasteiger partial charge in [-0.2, -0.15) is 0 Å². The molecule has 2 heteroatoms.